The zero-order chi connectivity index (χ0) is 8.69. The largest absolute Gasteiger partial charge is 0.466 e. The molecule has 11 heavy (non-hydrogen) atoms. The number of nitrogens with one attached hydrogen (secondary N) is 1. The second-order valence-electron chi connectivity index (χ2n) is 2.00. The van der Waals surface area contributed by atoms with E-state index in [0.29, 0.717) is 0 Å². The molecule has 0 aromatic rings. The molecule has 0 atom stereocenters. The molecule has 0 aliphatic heterocycles. The average Bonchev–Trinajstić information content (AvgIpc) is 2.00. The first-order valence-electron chi connectivity index (χ1n) is 3.31. The third-order valence-electron chi connectivity index (χ3n) is 1.05. The van der Waals surface area contributed by atoms with E-state index >= 15 is 0 Å². The van der Waals surface area contributed by atoms with Gasteiger partial charge in [-0.1, -0.05) is 0 Å². The van der Waals surface area contributed by atoms with Crippen molar-refractivity contribution in [1.29, 1.82) is 0 Å². The Kier molecular flexibility index (Phi) is 5.74. The number of allylic oxidation sites excluding steroid dienone is 1. The Hall–Kier alpha value is -0.640. The molecule has 0 aliphatic rings. The van der Waals surface area contributed by atoms with Crippen LogP contribution in [-0.4, -0.2) is 25.4 Å². The fraction of sp³-hybridized carbons (Fsp3) is 0.571. The molecule has 0 saturated heterocycles. The third-order valence-corrected chi connectivity index (χ3v) is 1.27. The van der Waals surface area contributed by atoms with E-state index in [9.17, 15) is 4.79 Å². The predicted octanol–water partition coefficient (Wildman–Crippen LogP) is 0.583. The summed E-state index contributed by atoms with van der Waals surface area (Å²) in [4.78, 5) is 10.6. The van der Waals surface area contributed by atoms with Gasteiger partial charge in [0.15, 0.2) is 0 Å². The molecule has 0 amide bonds. The molecule has 0 saturated carbocycles. The van der Waals surface area contributed by atoms with Crippen LogP contribution in [-0.2, 0) is 9.53 Å². The monoisotopic (exact) mass is 175 g/mol. The van der Waals surface area contributed by atoms with Crippen LogP contribution in [0.5, 0.6) is 0 Å². The number of carbonyl (C=O) groups is 1. The van der Waals surface area contributed by atoms with Crippen molar-refractivity contribution < 1.29 is 9.53 Å². The van der Waals surface area contributed by atoms with E-state index in [4.69, 9.17) is 0 Å². The van der Waals surface area contributed by atoms with Gasteiger partial charge in [0.2, 0.25) is 0 Å². The number of hydrogen-bond donors (Lipinski definition) is 2. The molecule has 1 N–H and O–H groups in total. The SMILES string of the molecule is COC(=O)/C=C(/C)NCCS. The molecule has 3 nitrogen and oxygen atoms in total. The van der Waals surface area contributed by atoms with E-state index in [0.717, 1.165) is 18.0 Å². The van der Waals surface area contributed by atoms with Crippen molar-refractivity contribution in [2.75, 3.05) is 19.4 Å². The molecule has 0 aromatic carbocycles. The lowest BCUT2D eigenvalue weighted by Crippen LogP contribution is -2.15. The Morgan fingerprint density at radius 3 is 2.82 bits per heavy atom. The van der Waals surface area contributed by atoms with Crippen molar-refractivity contribution in [1.82, 2.24) is 5.32 Å². The molecular formula is C7H13NO2S. The Labute approximate surface area is 72.2 Å². The maximum atomic E-state index is 10.6. The van der Waals surface area contributed by atoms with Crippen molar-refractivity contribution in [3.63, 3.8) is 0 Å². The molecule has 0 fully saturated rings. The predicted molar refractivity (Wildman–Crippen MR) is 47.6 cm³/mol. The Morgan fingerprint density at radius 2 is 2.36 bits per heavy atom. The van der Waals surface area contributed by atoms with Crippen molar-refractivity contribution in [3.8, 4) is 0 Å². The topological polar surface area (TPSA) is 38.3 Å². The van der Waals surface area contributed by atoms with Crippen molar-refractivity contribution >= 4 is 18.6 Å². The minimum Gasteiger partial charge on any atom is -0.466 e. The van der Waals surface area contributed by atoms with E-state index in [1.165, 1.54) is 13.2 Å². The van der Waals surface area contributed by atoms with Gasteiger partial charge >= 0.3 is 5.97 Å². The highest BCUT2D eigenvalue weighted by Gasteiger charge is 1.94. The fourth-order valence-corrected chi connectivity index (χ4v) is 0.652. The first-order chi connectivity index (χ1) is 5.20. The van der Waals surface area contributed by atoms with Crippen LogP contribution in [0.2, 0.25) is 0 Å². The first-order valence-corrected chi connectivity index (χ1v) is 3.95. The average molecular weight is 175 g/mol. The summed E-state index contributed by atoms with van der Waals surface area (Å²) in [5, 5.41) is 2.98. The quantitative estimate of drug-likeness (QED) is 0.373. The highest BCUT2D eigenvalue weighted by atomic mass is 32.1. The molecule has 64 valence electrons. The van der Waals surface area contributed by atoms with Crippen molar-refractivity contribution in [3.05, 3.63) is 11.8 Å². The number of rotatable bonds is 4. The first kappa shape index (κ1) is 10.4. The number of thiol groups is 1. The number of esters is 1. The standard InChI is InChI=1S/C7H13NO2S/c1-6(8-3-4-11)5-7(9)10-2/h5,8,11H,3-4H2,1-2H3/b6-5-. The Bertz CT molecular complexity index is 157. The minimum atomic E-state index is -0.339. The lowest BCUT2D eigenvalue weighted by molar-refractivity contribution is -0.134. The lowest BCUT2D eigenvalue weighted by atomic mass is 10.4. The summed E-state index contributed by atoms with van der Waals surface area (Å²) in [5.41, 5.74) is 0.797. The van der Waals surface area contributed by atoms with Gasteiger partial charge in [-0.05, 0) is 6.92 Å². The number of hydrogen-bond acceptors (Lipinski definition) is 4. The van der Waals surface area contributed by atoms with Crippen LogP contribution in [0.1, 0.15) is 6.92 Å². The Morgan fingerprint density at radius 1 is 1.73 bits per heavy atom. The molecule has 0 heterocycles. The zero-order valence-electron chi connectivity index (χ0n) is 6.76. The van der Waals surface area contributed by atoms with Crippen molar-refractivity contribution in [2.24, 2.45) is 0 Å². The molecule has 0 bridgehead atoms. The van der Waals surface area contributed by atoms with Crippen LogP contribution in [0.25, 0.3) is 0 Å². The summed E-state index contributed by atoms with van der Waals surface area (Å²) in [6.45, 7) is 2.56. The molecule has 0 rings (SSSR count). The van der Waals surface area contributed by atoms with E-state index in [1.807, 2.05) is 0 Å². The van der Waals surface area contributed by atoms with Gasteiger partial charge in [-0.2, -0.15) is 12.6 Å². The van der Waals surface area contributed by atoms with Gasteiger partial charge in [-0.25, -0.2) is 4.79 Å². The van der Waals surface area contributed by atoms with Gasteiger partial charge in [0.25, 0.3) is 0 Å². The third kappa shape index (κ3) is 5.79. The van der Waals surface area contributed by atoms with Crippen LogP contribution >= 0.6 is 12.6 Å². The summed E-state index contributed by atoms with van der Waals surface area (Å²) >= 11 is 4.00. The normalized spacial score (nSPS) is 11.0. The minimum absolute atomic E-state index is 0.339. The number of carbonyl (C=O) groups excluding carboxylic acids is 1. The van der Waals surface area contributed by atoms with E-state index in [2.05, 4.69) is 22.7 Å². The maximum Gasteiger partial charge on any atom is 0.332 e. The van der Waals surface area contributed by atoms with Crippen LogP contribution in [0.15, 0.2) is 11.8 Å². The molecule has 0 aliphatic carbocycles. The Balaban J connectivity index is 3.70. The summed E-state index contributed by atoms with van der Waals surface area (Å²) in [6.07, 6.45) is 1.41. The number of ether oxygens (including phenoxy) is 1. The molecule has 0 spiro atoms. The van der Waals surface area contributed by atoms with E-state index in [1.54, 1.807) is 6.92 Å². The van der Waals surface area contributed by atoms with E-state index in [-0.39, 0.29) is 5.97 Å². The van der Waals surface area contributed by atoms with Crippen LogP contribution in [0, 0.1) is 0 Å². The second kappa shape index (κ2) is 6.09. The summed E-state index contributed by atoms with van der Waals surface area (Å²) in [7, 11) is 1.35. The van der Waals surface area contributed by atoms with Gasteiger partial charge in [0.1, 0.15) is 0 Å². The molecular weight excluding hydrogens is 162 g/mol. The molecule has 4 heteroatoms. The summed E-state index contributed by atoms with van der Waals surface area (Å²) < 4.78 is 4.43. The van der Waals surface area contributed by atoms with Gasteiger partial charge < -0.3 is 10.1 Å². The van der Waals surface area contributed by atoms with Gasteiger partial charge in [0, 0.05) is 24.1 Å². The molecule has 0 unspecified atom stereocenters. The highest BCUT2D eigenvalue weighted by molar-refractivity contribution is 7.80. The van der Waals surface area contributed by atoms with Gasteiger partial charge in [-0.15, -0.1) is 0 Å². The molecule has 0 aromatic heterocycles. The van der Waals surface area contributed by atoms with Gasteiger partial charge in [-0.3, -0.25) is 0 Å². The highest BCUT2D eigenvalue weighted by Crippen LogP contribution is 1.87. The smallest absolute Gasteiger partial charge is 0.332 e. The maximum absolute atomic E-state index is 10.6. The lowest BCUT2D eigenvalue weighted by Gasteiger charge is -2.02. The summed E-state index contributed by atoms with van der Waals surface area (Å²) in [5.74, 6) is 0.404. The zero-order valence-corrected chi connectivity index (χ0v) is 7.65. The van der Waals surface area contributed by atoms with Crippen LogP contribution < -0.4 is 5.32 Å². The molecule has 0 radical (unpaired) electrons. The van der Waals surface area contributed by atoms with Crippen LogP contribution in [0.4, 0.5) is 0 Å². The van der Waals surface area contributed by atoms with Crippen LogP contribution in [0.3, 0.4) is 0 Å². The van der Waals surface area contributed by atoms with E-state index < -0.39 is 0 Å². The fourth-order valence-electron chi connectivity index (χ4n) is 0.540. The number of methoxy groups -OCH3 is 1. The van der Waals surface area contributed by atoms with Crippen molar-refractivity contribution in [2.45, 2.75) is 6.92 Å². The summed E-state index contributed by atoms with van der Waals surface area (Å²) in [6, 6.07) is 0. The van der Waals surface area contributed by atoms with Gasteiger partial charge in [0.05, 0.1) is 7.11 Å². The second-order valence-corrected chi connectivity index (χ2v) is 2.45.